The maximum Gasteiger partial charge on any atom is 0.312 e. The van der Waals surface area contributed by atoms with Gasteiger partial charge in [0.05, 0.1) is 32.3 Å². The van der Waals surface area contributed by atoms with Gasteiger partial charge in [-0.2, -0.15) is 0 Å². The Hall–Kier alpha value is -3.07. The number of esters is 1. The lowest BCUT2D eigenvalue weighted by molar-refractivity contribution is -0.329. The van der Waals surface area contributed by atoms with Crippen LogP contribution in [0.5, 0.6) is 0 Å². The summed E-state index contributed by atoms with van der Waals surface area (Å²) in [6.45, 7) is 3.12. The average Bonchev–Trinajstić information content (AvgIpc) is 3.70. The van der Waals surface area contributed by atoms with Crippen LogP contribution in [0.3, 0.4) is 0 Å². The van der Waals surface area contributed by atoms with Crippen LogP contribution in [-0.4, -0.2) is 49.9 Å². The molecule has 1 saturated heterocycles. The first-order valence-corrected chi connectivity index (χ1v) is 13.5. The highest BCUT2D eigenvalue weighted by molar-refractivity contribution is 5.78. The summed E-state index contributed by atoms with van der Waals surface area (Å²) in [5, 5.41) is 0. The molecule has 0 radical (unpaired) electrons. The molecule has 0 N–H and O–H groups in total. The molecule has 0 amide bonds. The van der Waals surface area contributed by atoms with Gasteiger partial charge < -0.3 is 28.4 Å². The molecule has 1 saturated carbocycles. The number of hydrogen-bond donors (Lipinski definition) is 0. The first kappa shape index (κ1) is 27.5. The lowest BCUT2D eigenvalue weighted by atomic mass is 9.94. The minimum atomic E-state index is -0.935. The fourth-order valence-electron chi connectivity index (χ4n) is 5.25. The van der Waals surface area contributed by atoms with E-state index in [9.17, 15) is 4.79 Å². The van der Waals surface area contributed by atoms with Crippen LogP contribution in [0.1, 0.15) is 30.0 Å². The topological polar surface area (TPSA) is 72.5 Å². The van der Waals surface area contributed by atoms with E-state index in [1.807, 2.05) is 91.0 Å². The second-order valence-electron chi connectivity index (χ2n) is 9.93. The van der Waals surface area contributed by atoms with E-state index < -0.39 is 36.1 Å². The highest BCUT2D eigenvalue weighted by Crippen LogP contribution is 2.56. The van der Waals surface area contributed by atoms with Crippen molar-refractivity contribution in [2.75, 3.05) is 13.7 Å². The molecule has 0 unspecified atom stereocenters. The number of carbonyl (C=O) groups is 1. The van der Waals surface area contributed by atoms with Gasteiger partial charge in [-0.1, -0.05) is 91.0 Å². The Balaban J connectivity index is 1.46. The second-order valence-corrected chi connectivity index (χ2v) is 9.93. The fourth-order valence-corrected chi connectivity index (χ4v) is 5.25. The van der Waals surface area contributed by atoms with E-state index in [0.717, 1.165) is 16.7 Å². The van der Waals surface area contributed by atoms with E-state index in [-0.39, 0.29) is 5.97 Å². The zero-order valence-corrected chi connectivity index (χ0v) is 22.4. The van der Waals surface area contributed by atoms with Crippen molar-refractivity contribution in [3.8, 4) is 0 Å². The van der Waals surface area contributed by atoms with Crippen LogP contribution in [0.25, 0.3) is 0 Å². The molecule has 39 heavy (non-hydrogen) atoms. The van der Waals surface area contributed by atoms with Crippen LogP contribution in [0.4, 0.5) is 0 Å². The summed E-state index contributed by atoms with van der Waals surface area (Å²) in [4.78, 5) is 12.9. The average molecular weight is 533 g/mol. The van der Waals surface area contributed by atoms with Gasteiger partial charge in [-0.05, 0) is 30.0 Å². The molecule has 0 bridgehead atoms. The molecular weight excluding hydrogens is 496 g/mol. The van der Waals surface area contributed by atoms with E-state index in [1.54, 1.807) is 14.0 Å². The quantitative estimate of drug-likeness (QED) is 0.302. The van der Waals surface area contributed by atoms with Crippen molar-refractivity contribution in [2.24, 2.45) is 5.92 Å². The van der Waals surface area contributed by atoms with Crippen molar-refractivity contribution < 1.29 is 33.2 Å². The van der Waals surface area contributed by atoms with Gasteiger partial charge in [0, 0.05) is 7.11 Å². The highest BCUT2D eigenvalue weighted by atomic mass is 16.7. The Morgan fingerprint density at radius 3 is 1.74 bits per heavy atom. The molecule has 1 spiro atoms. The molecule has 206 valence electrons. The minimum absolute atomic E-state index is 0.297. The van der Waals surface area contributed by atoms with Crippen LogP contribution in [-0.2, 0) is 53.0 Å². The zero-order chi connectivity index (χ0) is 27.1. The Morgan fingerprint density at radius 1 is 0.769 bits per heavy atom. The molecule has 5 rings (SSSR count). The molecular formula is C32H36O7. The number of ether oxygens (including phenoxy) is 6. The van der Waals surface area contributed by atoms with Gasteiger partial charge in [-0.15, -0.1) is 0 Å². The summed E-state index contributed by atoms with van der Waals surface area (Å²) in [5.41, 5.74) is 2.12. The van der Waals surface area contributed by atoms with Crippen LogP contribution < -0.4 is 0 Å². The van der Waals surface area contributed by atoms with Crippen molar-refractivity contribution in [1.82, 2.24) is 0 Å². The highest BCUT2D eigenvalue weighted by Gasteiger charge is 2.72. The summed E-state index contributed by atoms with van der Waals surface area (Å²) in [5.74, 6) is -0.778. The van der Waals surface area contributed by atoms with E-state index in [1.165, 1.54) is 0 Å². The Kier molecular flexibility index (Phi) is 9.06. The third kappa shape index (κ3) is 6.40. The summed E-state index contributed by atoms with van der Waals surface area (Å²) >= 11 is 0. The summed E-state index contributed by atoms with van der Waals surface area (Å²) in [7, 11) is 1.58. The zero-order valence-electron chi connectivity index (χ0n) is 22.4. The molecule has 7 nitrogen and oxygen atoms in total. The number of methoxy groups -OCH3 is 1. The van der Waals surface area contributed by atoms with Gasteiger partial charge in [0.25, 0.3) is 0 Å². The molecule has 7 heteroatoms. The molecule has 2 aliphatic rings. The van der Waals surface area contributed by atoms with Crippen molar-refractivity contribution in [3.63, 3.8) is 0 Å². The van der Waals surface area contributed by atoms with Gasteiger partial charge in [-0.3, -0.25) is 4.79 Å². The second kappa shape index (κ2) is 12.9. The third-order valence-corrected chi connectivity index (χ3v) is 7.31. The maximum atomic E-state index is 12.9. The molecule has 3 aromatic carbocycles. The van der Waals surface area contributed by atoms with E-state index in [2.05, 4.69) is 0 Å². The van der Waals surface area contributed by atoms with E-state index in [0.29, 0.717) is 32.8 Å². The number of carbonyl (C=O) groups excluding carboxylic acids is 1. The first-order chi connectivity index (χ1) is 19.1. The first-order valence-electron chi connectivity index (χ1n) is 13.5. The van der Waals surface area contributed by atoms with Crippen LogP contribution in [0.15, 0.2) is 91.0 Å². The smallest absolute Gasteiger partial charge is 0.312 e. The van der Waals surface area contributed by atoms with Crippen LogP contribution in [0.2, 0.25) is 0 Å². The van der Waals surface area contributed by atoms with E-state index >= 15 is 0 Å². The molecule has 1 heterocycles. The molecule has 1 aliphatic heterocycles. The van der Waals surface area contributed by atoms with Gasteiger partial charge in [0.1, 0.15) is 23.9 Å². The largest absolute Gasteiger partial charge is 0.466 e. The van der Waals surface area contributed by atoms with Gasteiger partial charge in [-0.25, -0.2) is 0 Å². The van der Waals surface area contributed by atoms with Crippen LogP contribution >= 0.6 is 0 Å². The Morgan fingerprint density at radius 2 is 1.26 bits per heavy atom. The maximum absolute atomic E-state index is 12.9. The van der Waals surface area contributed by atoms with Gasteiger partial charge in [0.2, 0.25) is 0 Å². The normalized spacial score (nSPS) is 27.8. The fraction of sp³-hybridized carbons (Fsp3) is 0.406. The van der Waals surface area contributed by atoms with Crippen molar-refractivity contribution >= 4 is 5.97 Å². The minimum Gasteiger partial charge on any atom is -0.466 e. The summed E-state index contributed by atoms with van der Waals surface area (Å²) < 4.78 is 37.4. The summed E-state index contributed by atoms with van der Waals surface area (Å²) in [6.07, 6.45) is -2.07. The number of hydrogen-bond acceptors (Lipinski definition) is 7. The predicted octanol–water partition coefficient (Wildman–Crippen LogP) is 5.07. The molecule has 2 fully saturated rings. The molecule has 3 aromatic rings. The van der Waals surface area contributed by atoms with Crippen molar-refractivity contribution in [3.05, 3.63) is 108 Å². The monoisotopic (exact) mass is 532 g/mol. The SMILES string of the molecule is CCOC(=O)[C@H]1C[C@@]12O[C@H](OC)[C@H](OCc1ccccc1)[C@@H](OCc1ccccc1)[C@@H]2OCc1ccccc1. The lowest BCUT2D eigenvalue weighted by Crippen LogP contribution is -2.62. The van der Waals surface area contributed by atoms with E-state index in [4.69, 9.17) is 28.4 Å². The Bertz CT molecular complexity index is 1170. The van der Waals surface area contributed by atoms with Crippen molar-refractivity contribution in [1.29, 1.82) is 0 Å². The molecule has 0 aromatic heterocycles. The number of benzene rings is 3. The van der Waals surface area contributed by atoms with Gasteiger partial charge >= 0.3 is 5.97 Å². The molecule has 1 aliphatic carbocycles. The standard InChI is InChI=1S/C32H36O7/c1-3-35-30(33)26-19-32(26)29(38-22-25-17-11-6-12-18-25)27(36-20-23-13-7-4-8-14-23)28(31(34-2)39-32)37-21-24-15-9-5-10-16-24/h4-18,26-29,31H,3,19-22H2,1-2H3/t26-,27-,28-,29+,31+,32-/m1/s1. The third-order valence-electron chi connectivity index (χ3n) is 7.31. The summed E-state index contributed by atoms with van der Waals surface area (Å²) in [6, 6.07) is 29.8. The Labute approximate surface area is 229 Å². The van der Waals surface area contributed by atoms with Gasteiger partial charge in [0.15, 0.2) is 6.29 Å². The molecule has 6 atom stereocenters. The number of rotatable bonds is 12. The van der Waals surface area contributed by atoms with Crippen molar-refractivity contribution in [2.45, 2.75) is 63.4 Å². The predicted molar refractivity (Wildman–Crippen MR) is 144 cm³/mol. The van der Waals surface area contributed by atoms with Crippen LogP contribution in [0, 0.1) is 5.92 Å². The lowest BCUT2D eigenvalue weighted by Gasteiger charge is -2.46.